The Bertz CT molecular complexity index is 464. The topological polar surface area (TPSA) is 31.2 Å². The van der Waals surface area contributed by atoms with Crippen LogP contribution in [0.3, 0.4) is 0 Å². The van der Waals surface area contributed by atoms with E-state index in [0.717, 1.165) is 10.1 Å². The van der Waals surface area contributed by atoms with Gasteiger partial charge in [-0.1, -0.05) is 0 Å². The zero-order valence-corrected chi connectivity index (χ0v) is 9.80. The fraction of sp³-hybridized carbons (Fsp3) is 0.364. The van der Waals surface area contributed by atoms with Gasteiger partial charge in [0.05, 0.1) is 11.8 Å². The van der Waals surface area contributed by atoms with E-state index in [0.29, 0.717) is 10.9 Å². The van der Waals surface area contributed by atoms with E-state index in [-0.39, 0.29) is 5.97 Å². The molecule has 0 spiro atoms. The summed E-state index contributed by atoms with van der Waals surface area (Å²) in [6.07, 6.45) is 4.13. The second kappa shape index (κ2) is 3.70. The highest BCUT2D eigenvalue weighted by Crippen LogP contribution is 2.28. The highest BCUT2D eigenvalue weighted by molar-refractivity contribution is 7.20. The molecule has 0 saturated heterocycles. The summed E-state index contributed by atoms with van der Waals surface area (Å²) in [5.74, 6) is -0.257. The molecule has 2 heterocycles. The maximum atomic E-state index is 11.3. The number of nitrogens with zero attached hydrogens (tertiary/aromatic N) is 1. The van der Waals surface area contributed by atoms with Crippen molar-refractivity contribution in [3.8, 4) is 0 Å². The van der Waals surface area contributed by atoms with Crippen molar-refractivity contribution in [3.05, 3.63) is 23.3 Å². The molecule has 0 fully saturated rings. The molecule has 15 heavy (non-hydrogen) atoms. The van der Waals surface area contributed by atoms with E-state index >= 15 is 0 Å². The number of ether oxygens (including phenoxy) is 1. The normalized spacial score (nSPS) is 11.2. The molecule has 0 saturated carbocycles. The molecule has 0 aliphatic heterocycles. The van der Waals surface area contributed by atoms with E-state index in [1.165, 1.54) is 18.4 Å². The summed E-state index contributed by atoms with van der Waals surface area (Å²) >= 11 is 1.47. The molecule has 4 heteroatoms. The van der Waals surface area contributed by atoms with Gasteiger partial charge in [-0.3, -0.25) is 0 Å². The fourth-order valence-corrected chi connectivity index (χ4v) is 2.45. The molecular formula is C11H13NO2S. The molecule has 3 nitrogen and oxygen atoms in total. The lowest BCUT2D eigenvalue weighted by molar-refractivity contribution is 0.0606. The quantitative estimate of drug-likeness (QED) is 0.733. The van der Waals surface area contributed by atoms with Crippen LogP contribution < -0.4 is 0 Å². The Morgan fingerprint density at radius 1 is 1.47 bits per heavy atom. The third-order valence-electron chi connectivity index (χ3n) is 2.33. The van der Waals surface area contributed by atoms with E-state index < -0.39 is 0 Å². The van der Waals surface area contributed by atoms with E-state index in [9.17, 15) is 4.79 Å². The van der Waals surface area contributed by atoms with Crippen molar-refractivity contribution in [1.29, 1.82) is 0 Å². The minimum absolute atomic E-state index is 0.257. The van der Waals surface area contributed by atoms with Crippen molar-refractivity contribution in [2.24, 2.45) is 0 Å². The molecular weight excluding hydrogens is 210 g/mol. The third kappa shape index (κ3) is 1.77. The molecule has 80 valence electrons. The molecule has 2 rings (SSSR count). The minimum Gasteiger partial charge on any atom is -0.465 e. The molecule has 2 aromatic rings. The Labute approximate surface area is 92.3 Å². The van der Waals surface area contributed by atoms with Crippen molar-refractivity contribution in [2.45, 2.75) is 19.9 Å². The van der Waals surface area contributed by atoms with Crippen molar-refractivity contribution < 1.29 is 9.53 Å². The van der Waals surface area contributed by atoms with Crippen molar-refractivity contribution in [2.75, 3.05) is 7.11 Å². The van der Waals surface area contributed by atoms with Gasteiger partial charge in [0.2, 0.25) is 0 Å². The second-order valence-corrected chi connectivity index (χ2v) is 4.80. The van der Waals surface area contributed by atoms with Crippen LogP contribution >= 0.6 is 11.3 Å². The number of carbonyl (C=O) groups is 1. The van der Waals surface area contributed by atoms with Gasteiger partial charge in [-0.2, -0.15) is 0 Å². The summed E-state index contributed by atoms with van der Waals surface area (Å²) < 4.78 is 7.95. The first-order chi connectivity index (χ1) is 7.11. The minimum atomic E-state index is -0.257. The first-order valence-electron chi connectivity index (χ1n) is 4.81. The Kier molecular flexibility index (Phi) is 2.52. The van der Waals surface area contributed by atoms with Crippen LogP contribution in [0.2, 0.25) is 0 Å². The van der Waals surface area contributed by atoms with Crippen LogP contribution in [0.15, 0.2) is 18.5 Å². The first-order valence-corrected chi connectivity index (χ1v) is 5.63. The largest absolute Gasteiger partial charge is 0.465 e. The molecule has 0 unspecified atom stereocenters. The van der Waals surface area contributed by atoms with Crippen LogP contribution in [0, 0.1) is 0 Å². The van der Waals surface area contributed by atoms with E-state index in [2.05, 4.69) is 35.5 Å². The SMILES string of the molecule is COC(=O)c1cc2cn(C(C)C)cc2s1. The number of rotatable bonds is 2. The Balaban J connectivity index is 2.42. The van der Waals surface area contributed by atoms with Gasteiger partial charge in [-0.25, -0.2) is 4.79 Å². The van der Waals surface area contributed by atoms with Crippen molar-refractivity contribution in [1.82, 2.24) is 4.57 Å². The smallest absolute Gasteiger partial charge is 0.348 e. The molecule has 0 aromatic carbocycles. The van der Waals surface area contributed by atoms with E-state index in [1.54, 1.807) is 0 Å². The number of fused-ring (bicyclic) bond motifs is 1. The lowest BCUT2D eigenvalue weighted by Gasteiger charge is -2.04. The van der Waals surface area contributed by atoms with Crippen molar-refractivity contribution in [3.63, 3.8) is 0 Å². The van der Waals surface area contributed by atoms with Gasteiger partial charge < -0.3 is 9.30 Å². The van der Waals surface area contributed by atoms with Crippen LogP contribution in [0.4, 0.5) is 0 Å². The van der Waals surface area contributed by atoms with Crippen molar-refractivity contribution >= 4 is 27.4 Å². The summed E-state index contributed by atoms with van der Waals surface area (Å²) in [5, 5.41) is 1.11. The summed E-state index contributed by atoms with van der Waals surface area (Å²) in [6.45, 7) is 4.26. The van der Waals surface area contributed by atoms with Gasteiger partial charge in [0.1, 0.15) is 4.88 Å². The standard InChI is InChI=1S/C11H13NO2S/c1-7(2)12-5-8-4-9(11(13)14-3)15-10(8)6-12/h4-7H,1-3H3. The summed E-state index contributed by atoms with van der Waals surface area (Å²) in [4.78, 5) is 11.9. The van der Waals surface area contributed by atoms with Crippen LogP contribution in [0.1, 0.15) is 29.6 Å². The lowest BCUT2D eigenvalue weighted by atomic mass is 10.3. The molecule has 2 aromatic heterocycles. The van der Waals surface area contributed by atoms with Gasteiger partial charge in [-0.15, -0.1) is 11.3 Å². The average molecular weight is 223 g/mol. The Hall–Kier alpha value is -1.29. The Morgan fingerprint density at radius 2 is 2.20 bits per heavy atom. The molecule has 0 N–H and O–H groups in total. The zero-order valence-electron chi connectivity index (χ0n) is 8.98. The zero-order chi connectivity index (χ0) is 11.0. The van der Waals surface area contributed by atoms with Crippen LogP contribution in [0.25, 0.3) is 10.1 Å². The monoisotopic (exact) mass is 223 g/mol. The lowest BCUT2D eigenvalue weighted by Crippen LogP contribution is -1.97. The Morgan fingerprint density at radius 3 is 2.73 bits per heavy atom. The summed E-state index contributed by atoms with van der Waals surface area (Å²) in [7, 11) is 1.40. The number of hydrogen-bond donors (Lipinski definition) is 0. The number of hydrogen-bond acceptors (Lipinski definition) is 3. The highest BCUT2D eigenvalue weighted by Gasteiger charge is 2.12. The van der Waals surface area contributed by atoms with Crippen LogP contribution in [-0.4, -0.2) is 17.6 Å². The molecule has 0 aliphatic carbocycles. The molecule has 0 aliphatic rings. The number of thiophene rings is 1. The van der Waals surface area contributed by atoms with Gasteiger partial charge in [0.25, 0.3) is 0 Å². The molecule has 0 bridgehead atoms. The average Bonchev–Trinajstić information content (AvgIpc) is 2.72. The van der Waals surface area contributed by atoms with E-state index in [1.807, 2.05) is 6.07 Å². The molecule has 0 atom stereocenters. The van der Waals surface area contributed by atoms with Gasteiger partial charge in [0, 0.05) is 23.8 Å². The number of esters is 1. The first kappa shape index (κ1) is 10.2. The number of carbonyl (C=O) groups excluding carboxylic acids is 1. The third-order valence-corrected chi connectivity index (χ3v) is 3.39. The fourth-order valence-electron chi connectivity index (χ4n) is 1.45. The van der Waals surface area contributed by atoms with Crippen LogP contribution in [0.5, 0.6) is 0 Å². The predicted molar refractivity (Wildman–Crippen MR) is 61.5 cm³/mol. The van der Waals surface area contributed by atoms with Crippen LogP contribution in [-0.2, 0) is 4.74 Å². The maximum Gasteiger partial charge on any atom is 0.348 e. The number of aromatic nitrogens is 1. The van der Waals surface area contributed by atoms with Gasteiger partial charge in [0.15, 0.2) is 0 Å². The summed E-state index contributed by atoms with van der Waals surface area (Å²) in [6, 6.07) is 2.33. The highest BCUT2D eigenvalue weighted by atomic mass is 32.1. The van der Waals surface area contributed by atoms with Gasteiger partial charge in [-0.05, 0) is 19.9 Å². The number of methoxy groups -OCH3 is 1. The molecule has 0 amide bonds. The predicted octanol–water partition coefficient (Wildman–Crippen LogP) is 3.07. The van der Waals surface area contributed by atoms with Gasteiger partial charge >= 0.3 is 5.97 Å². The summed E-state index contributed by atoms with van der Waals surface area (Å²) in [5.41, 5.74) is 0. The molecule has 0 radical (unpaired) electrons. The second-order valence-electron chi connectivity index (χ2n) is 3.72. The maximum absolute atomic E-state index is 11.3. The van der Waals surface area contributed by atoms with E-state index in [4.69, 9.17) is 0 Å².